The summed E-state index contributed by atoms with van der Waals surface area (Å²) in [7, 11) is 0. The predicted octanol–water partition coefficient (Wildman–Crippen LogP) is 4.34. The minimum atomic E-state index is -0.541. The number of carbonyl (C=O) groups excluding carboxylic acids is 1. The Bertz CT molecular complexity index is 1060. The highest BCUT2D eigenvalue weighted by Crippen LogP contribution is 2.38. The molecular weight excluding hydrogens is 413 g/mol. The van der Waals surface area contributed by atoms with Crippen LogP contribution in [0.5, 0.6) is 0 Å². The van der Waals surface area contributed by atoms with Crippen LogP contribution in [0, 0.1) is 12.7 Å². The van der Waals surface area contributed by atoms with Crippen LogP contribution in [-0.2, 0) is 11.2 Å². The third-order valence-corrected chi connectivity index (χ3v) is 6.22. The monoisotopic (exact) mass is 431 g/mol. The Hall–Kier alpha value is -2.58. The van der Waals surface area contributed by atoms with E-state index in [1.54, 1.807) is 28.9 Å². The molecular formula is C20H19ClFN5OS. The summed E-state index contributed by atoms with van der Waals surface area (Å²) in [5.74, 6) is 0.241. The van der Waals surface area contributed by atoms with Gasteiger partial charge in [0, 0.05) is 17.1 Å². The number of nitrogens with zero attached hydrogens (tertiary/aromatic N) is 3. The summed E-state index contributed by atoms with van der Waals surface area (Å²) in [5, 5.41) is 12.0. The Morgan fingerprint density at radius 3 is 2.76 bits per heavy atom. The first-order valence-electron chi connectivity index (χ1n) is 9.16. The zero-order valence-corrected chi connectivity index (χ0v) is 17.4. The number of rotatable bonds is 4. The van der Waals surface area contributed by atoms with E-state index >= 15 is 0 Å². The second kappa shape index (κ2) is 8.04. The Balaban J connectivity index is 1.68. The van der Waals surface area contributed by atoms with Gasteiger partial charge in [0.1, 0.15) is 11.1 Å². The Morgan fingerprint density at radius 1 is 1.28 bits per heavy atom. The number of benzene rings is 2. The fourth-order valence-corrected chi connectivity index (χ4v) is 4.45. The second-order valence-electron chi connectivity index (χ2n) is 6.73. The van der Waals surface area contributed by atoms with Gasteiger partial charge in [-0.3, -0.25) is 4.79 Å². The van der Waals surface area contributed by atoms with Crippen LogP contribution in [0.1, 0.15) is 29.9 Å². The lowest BCUT2D eigenvalue weighted by atomic mass is 10.0. The van der Waals surface area contributed by atoms with Crippen LogP contribution in [0.2, 0.25) is 5.02 Å². The predicted molar refractivity (Wildman–Crippen MR) is 112 cm³/mol. The maximum atomic E-state index is 13.4. The molecule has 9 heteroatoms. The molecule has 2 N–H and O–H groups in total. The van der Waals surface area contributed by atoms with Gasteiger partial charge in [0.2, 0.25) is 11.1 Å². The molecule has 0 saturated carbocycles. The molecule has 1 aromatic heterocycles. The van der Waals surface area contributed by atoms with Gasteiger partial charge < -0.3 is 10.7 Å². The first-order chi connectivity index (χ1) is 14.0. The normalized spacial score (nSPS) is 18.1. The quantitative estimate of drug-likeness (QED) is 0.643. The van der Waals surface area contributed by atoms with E-state index in [0.29, 0.717) is 22.3 Å². The number of hydrogen-bond acceptors (Lipinski definition) is 5. The van der Waals surface area contributed by atoms with E-state index in [1.165, 1.54) is 23.9 Å². The van der Waals surface area contributed by atoms with Crippen LogP contribution in [0.15, 0.2) is 47.6 Å². The fraction of sp³-hybridized carbons (Fsp3) is 0.250. The summed E-state index contributed by atoms with van der Waals surface area (Å²) in [6.07, 6.45) is 0.690. The molecule has 0 unspecified atom stereocenters. The van der Waals surface area contributed by atoms with Crippen LogP contribution in [0.3, 0.4) is 0 Å². The summed E-state index contributed by atoms with van der Waals surface area (Å²) in [6.45, 7) is 3.89. The first-order valence-corrected chi connectivity index (χ1v) is 10.4. The van der Waals surface area contributed by atoms with E-state index in [0.717, 1.165) is 17.0 Å². The minimum Gasteiger partial charge on any atom is -0.325 e. The molecule has 0 spiro atoms. The van der Waals surface area contributed by atoms with Crippen LogP contribution >= 0.6 is 23.4 Å². The van der Waals surface area contributed by atoms with Gasteiger partial charge in [0.05, 0.1) is 6.04 Å². The number of anilines is 1. The van der Waals surface area contributed by atoms with Gasteiger partial charge in [-0.25, -0.2) is 9.07 Å². The molecule has 0 radical (unpaired) electrons. The third-order valence-electron chi connectivity index (χ3n) is 4.76. The molecule has 0 aliphatic carbocycles. The number of aromatic nitrogens is 3. The van der Waals surface area contributed by atoms with Crippen LogP contribution in [0.25, 0.3) is 0 Å². The van der Waals surface area contributed by atoms with E-state index < -0.39 is 11.3 Å². The molecule has 29 heavy (non-hydrogen) atoms. The van der Waals surface area contributed by atoms with Crippen molar-refractivity contribution in [3.05, 3.63) is 70.3 Å². The van der Waals surface area contributed by atoms with Crippen molar-refractivity contribution in [2.24, 2.45) is 0 Å². The van der Waals surface area contributed by atoms with Gasteiger partial charge >= 0.3 is 0 Å². The van der Waals surface area contributed by atoms with Crippen LogP contribution < -0.4 is 10.7 Å². The van der Waals surface area contributed by atoms with Crippen molar-refractivity contribution in [2.75, 3.05) is 10.7 Å². The van der Waals surface area contributed by atoms with Gasteiger partial charge in [-0.2, -0.15) is 0 Å². The topological polar surface area (TPSA) is 71.8 Å². The van der Waals surface area contributed by atoms with E-state index in [-0.39, 0.29) is 11.7 Å². The number of aryl methyl sites for hydroxylation is 2. The maximum Gasteiger partial charge on any atom is 0.240 e. The molecule has 1 aliphatic heterocycles. The molecule has 2 aromatic carbocycles. The zero-order valence-electron chi connectivity index (χ0n) is 15.8. The molecule has 1 aliphatic rings. The average molecular weight is 432 g/mol. The lowest BCUT2D eigenvalue weighted by molar-refractivity contribution is -0.116. The number of hydrogen-bond donors (Lipinski definition) is 2. The SMILES string of the molecule is CCc1nnc2n1N[C@H](c1ccc(F)cc1)[C@@H](C(=O)Nc1cc(Cl)ccc1C)S2. The van der Waals surface area contributed by atoms with Gasteiger partial charge in [-0.05, 0) is 42.3 Å². The Kier molecular flexibility index (Phi) is 5.47. The molecule has 0 saturated heterocycles. The van der Waals surface area contributed by atoms with E-state index in [2.05, 4.69) is 20.9 Å². The highest BCUT2D eigenvalue weighted by atomic mass is 35.5. The van der Waals surface area contributed by atoms with Gasteiger partial charge in [-0.15, -0.1) is 10.2 Å². The lowest BCUT2D eigenvalue weighted by Gasteiger charge is -2.33. The van der Waals surface area contributed by atoms with Crippen molar-refractivity contribution in [1.82, 2.24) is 14.9 Å². The summed E-state index contributed by atoms with van der Waals surface area (Å²) in [5.41, 5.74) is 5.69. The Labute approximate surface area is 176 Å². The number of halogens is 2. The largest absolute Gasteiger partial charge is 0.325 e. The van der Waals surface area contributed by atoms with Crippen molar-refractivity contribution in [3.63, 3.8) is 0 Å². The number of nitrogens with one attached hydrogen (secondary N) is 2. The summed E-state index contributed by atoms with van der Waals surface area (Å²) in [6, 6.07) is 11.1. The smallest absolute Gasteiger partial charge is 0.240 e. The number of thioether (sulfide) groups is 1. The number of amides is 1. The first kappa shape index (κ1) is 19.7. The molecule has 2 heterocycles. The van der Waals surface area contributed by atoms with E-state index in [4.69, 9.17) is 11.6 Å². The zero-order chi connectivity index (χ0) is 20.5. The molecule has 4 rings (SSSR count). The summed E-state index contributed by atoms with van der Waals surface area (Å²) >= 11 is 7.41. The molecule has 0 fully saturated rings. The van der Waals surface area contributed by atoms with Crippen LogP contribution in [0.4, 0.5) is 10.1 Å². The molecule has 2 atom stereocenters. The fourth-order valence-electron chi connectivity index (χ4n) is 3.18. The van der Waals surface area contributed by atoms with Gasteiger partial charge in [-0.1, -0.05) is 48.5 Å². The summed E-state index contributed by atoms with van der Waals surface area (Å²) < 4.78 is 15.2. The highest BCUT2D eigenvalue weighted by molar-refractivity contribution is 8.00. The molecule has 150 valence electrons. The van der Waals surface area contributed by atoms with Crippen molar-refractivity contribution in [2.45, 2.75) is 36.7 Å². The number of fused-ring (bicyclic) bond motifs is 1. The van der Waals surface area contributed by atoms with Crippen molar-refractivity contribution in [1.29, 1.82) is 0 Å². The maximum absolute atomic E-state index is 13.4. The van der Waals surface area contributed by atoms with Crippen LogP contribution in [-0.4, -0.2) is 26.0 Å². The van der Waals surface area contributed by atoms with Gasteiger partial charge in [0.25, 0.3) is 0 Å². The van der Waals surface area contributed by atoms with Crippen molar-refractivity contribution >= 4 is 35.0 Å². The Morgan fingerprint density at radius 2 is 2.03 bits per heavy atom. The average Bonchev–Trinajstić information content (AvgIpc) is 3.12. The second-order valence-corrected chi connectivity index (χ2v) is 8.28. The molecule has 0 bridgehead atoms. The van der Waals surface area contributed by atoms with Crippen molar-refractivity contribution in [3.8, 4) is 0 Å². The lowest BCUT2D eigenvalue weighted by Crippen LogP contribution is -2.41. The molecule has 1 amide bonds. The minimum absolute atomic E-state index is 0.200. The van der Waals surface area contributed by atoms with Gasteiger partial charge in [0.15, 0.2) is 5.82 Å². The van der Waals surface area contributed by atoms with E-state index in [1.807, 2.05) is 19.9 Å². The third kappa shape index (κ3) is 3.95. The number of carbonyl (C=O) groups is 1. The molecule has 6 nitrogen and oxygen atoms in total. The summed E-state index contributed by atoms with van der Waals surface area (Å²) in [4.78, 5) is 13.2. The standard InChI is InChI=1S/C20H19ClFN5OS/c1-3-16-24-25-20-27(16)26-17(12-5-8-14(22)9-6-12)18(29-20)19(28)23-15-10-13(21)7-4-11(15)2/h4-10,17-18,26H,3H2,1-2H3,(H,23,28)/t17-,18+/m1/s1. The van der Waals surface area contributed by atoms with E-state index in [9.17, 15) is 9.18 Å². The molecule has 3 aromatic rings. The highest BCUT2D eigenvalue weighted by Gasteiger charge is 2.37. The van der Waals surface area contributed by atoms with Crippen molar-refractivity contribution < 1.29 is 9.18 Å².